The average molecular weight is 524 g/mol. The number of nitrogens with zero attached hydrogens (tertiary/aromatic N) is 3. The molecule has 0 aromatic heterocycles. The summed E-state index contributed by atoms with van der Waals surface area (Å²) in [6.07, 6.45) is 3.20. The number of carbonyl (C=O) groups excluding carboxylic acids is 4. The Kier molecular flexibility index (Phi) is 8.75. The molecule has 0 radical (unpaired) electrons. The van der Waals surface area contributed by atoms with E-state index in [1.807, 2.05) is 0 Å². The molecule has 0 bridgehead atoms. The number of carbonyl (C=O) groups is 4. The van der Waals surface area contributed by atoms with Gasteiger partial charge in [0.25, 0.3) is 11.8 Å². The largest absolute Gasteiger partial charge is 0.494 e. The van der Waals surface area contributed by atoms with E-state index in [1.165, 1.54) is 0 Å². The van der Waals surface area contributed by atoms with Crippen LogP contribution in [0.3, 0.4) is 0 Å². The van der Waals surface area contributed by atoms with Gasteiger partial charge in [-0.2, -0.15) is 5.06 Å². The molecule has 4 amide bonds. The molecule has 0 spiro atoms. The first-order valence-electron chi connectivity index (χ1n) is 13.0. The van der Waals surface area contributed by atoms with E-state index < -0.39 is 35.7 Å². The molecule has 38 heavy (non-hydrogen) atoms. The molecule has 4 rings (SSSR count). The van der Waals surface area contributed by atoms with Crippen molar-refractivity contribution in [2.24, 2.45) is 0 Å². The minimum Gasteiger partial charge on any atom is -0.494 e. The van der Waals surface area contributed by atoms with Crippen LogP contribution in [0.5, 0.6) is 11.5 Å². The van der Waals surface area contributed by atoms with E-state index in [-0.39, 0.29) is 12.8 Å². The summed E-state index contributed by atoms with van der Waals surface area (Å²) in [5.41, 5.74) is 0.686. The molecule has 2 aliphatic heterocycles. The van der Waals surface area contributed by atoms with E-state index in [9.17, 15) is 24.4 Å². The second-order valence-corrected chi connectivity index (χ2v) is 9.35. The number of hydrogen-bond acceptors (Lipinski definition) is 8. The Morgan fingerprint density at radius 3 is 1.42 bits per heavy atom. The lowest BCUT2D eigenvalue weighted by Crippen LogP contribution is -2.49. The number of ether oxygens (including phenoxy) is 2. The van der Waals surface area contributed by atoms with Crippen LogP contribution in [-0.2, 0) is 19.2 Å². The van der Waals surface area contributed by atoms with Gasteiger partial charge in [-0.25, -0.2) is 9.80 Å². The lowest BCUT2D eigenvalue weighted by Gasteiger charge is -2.25. The zero-order valence-electron chi connectivity index (χ0n) is 21.7. The van der Waals surface area contributed by atoms with Crippen LogP contribution in [0.1, 0.15) is 52.4 Å². The first-order chi connectivity index (χ1) is 18.3. The smallest absolute Gasteiger partial charge is 0.254 e. The Labute approximate surface area is 221 Å². The van der Waals surface area contributed by atoms with Crippen LogP contribution in [0.2, 0.25) is 0 Å². The van der Waals surface area contributed by atoms with Gasteiger partial charge in [-0.05, 0) is 61.4 Å². The maximum absolute atomic E-state index is 13.1. The summed E-state index contributed by atoms with van der Waals surface area (Å²) < 4.78 is 11.2. The van der Waals surface area contributed by atoms with Gasteiger partial charge in [0.05, 0.1) is 37.4 Å². The van der Waals surface area contributed by atoms with Gasteiger partial charge in [0.2, 0.25) is 11.8 Å². The Bertz CT molecular complexity index is 1070. The number of imide groups is 2. The Morgan fingerprint density at radius 1 is 0.711 bits per heavy atom. The number of benzene rings is 2. The average Bonchev–Trinajstić information content (AvgIpc) is 3.38. The van der Waals surface area contributed by atoms with E-state index in [4.69, 9.17) is 9.47 Å². The Hall–Kier alpha value is -3.76. The first kappa shape index (κ1) is 27.3. The second-order valence-electron chi connectivity index (χ2n) is 9.35. The van der Waals surface area contributed by atoms with Gasteiger partial charge in [0, 0.05) is 0 Å². The molecule has 202 valence electrons. The predicted octanol–water partition coefficient (Wildman–Crippen LogP) is 3.70. The highest BCUT2D eigenvalue weighted by Gasteiger charge is 2.50. The van der Waals surface area contributed by atoms with Crippen LogP contribution < -0.4 is 19.3 Å². The molecule has 2 aliphatic rings. The van der Waals surface area contributed by atoms with Crippen molar-refractivity contribution >= 4 is 35.0 Å². The number of amides is 4. The normalized spacial score (nSPS) is 19.7. The van der Waals surface area contributed by atoms with Gasteiger partial charge in [0.1, 0.15) is 23.6 Å². The molecule has 10 heteroatoms. The highest BCUT2D eigenvalue weighted by Crippen LogP contribution is 2.32. The lowest BCUT2D eigenvalue weighted by atomic mass is 10.1. The van der Waals surface area contributed by atoms with Crippen molar-refractivity contribution < 1.29 is 33.9 Å². The number of rotatable bonds is 12. The molecule has 2 aromatic carbocycles. The molecule has 2 atom stereocenters. The van der Waals surface area contributed by atoms with Gasteiger partial charge >= 0.3 is 0 Å². The third-order valence-corrected chi connectivity index (χ3v) is 6.61. The molecule has 10 nitrogen and oxygen atoms in total. The highest BCUT2D eigenvalue weighted by molar-refractivity contribution is 6.24. The summed E-state index contributed by atoms with van der Waals surface area (Å²) in [6.45, 7) is 5.26. The second kappa shape index (κ2) is 12.2. The maximum Gasteiger partial charge on any atom is 0.254 e. The summed E-state index contributed by atoms with van der Waals surface area (Å²) in [6, 6.07) is 10.5. The van der Waals surface area contributed by atoms with Gasteiger partial charge in [-0.3, -0.25) is 19.2 Å². The Morgan fingerprint density at radius 2 is 1.08 bits per heavy atom. The SMILES string of the molecule is CCCCOc1ccc(N2C(=O)C[C@@H](N(O)[C@H]3CC(=O)N(c4ccc(OCCCC)cc4)C3=O)C2=O)cc1. The molecule has 0 saturated carbocycles. The molecule has 2 saturated heterocycles. The van der Waals surface area contributed by atoms with Crippen molar-refractivity contribution in [3.8, 4) is 11.5 Å². The van der Waals surface area contributed by atoms with Gasteiger partial charge < -0.3 is 14.7 Å². The summed E-state index contributed by atoms with van der Waals surface area (Å²) in [4.78, 5) is 53.7. The number of anilines is 2. The fourth-order valence-electron chi connectivity index (χ4n) is 4.46. The standard InChI is InChI=1S/C28H33N3O7/c1-3-5-15-37-21-11-7-19(8-12-21)29-25(32)17-23(27(29)34)31(36)24-18-26(33)30(28(24)35)20-9-13-22(14-10-20)38-16-6-4-2/h7-14,23-24,36H,3-6,15-18H2,1-2H3/t23-,24+. The molecule has 0 unspecified atom stereocenters. The Balaban J connectivity index is 1.42. The third-order valence-electron chi connectivity index (χ3n) is 6.61. The highest BCUT2D eigenvalue weighted by atomic mass is 16.5. The van der Waals surface area contributed by atoms with Crippen molar-refractivity contribution in [3.05, 3.63) is 48.5 Å². The van der Waals surface area contributed by atoms with Gasteiger partial charge in [0.15, 0.2) is 0 Å². The molecular weight excluding hydrogens is 490 g/mol. The van der Waals surface area contributed by atoms with Crippen LogP contribution in [0.25, 0.3) is 0 Å². The zero-order chi connectivity index (χ0) is 27.2. The number of hydrogen-bond donors (Lipinski definition) is 1. The van der Waals surface area contributed by atoms with Crippen molar-refractivity contribution in [1.29, 1.82) is 0 Å². The monoisotopic (exact) mass is 523 g/mol. The van der Waals surface area contributed by atoms with Crippen LogP contribution >= 0.6 is 0 Å². The van der Waals surface area contributed by atoms with E-state index in [0.717, 1.165) is 35.5 Å². The number of hydroxylamine groups is 2. The predicted molar refractivity (Wildman–Crippen MR) is 139 cm³/mol. The fraction of sp³-hybridized carbons (Fsp3) is 0.429. The van der Waals surface area contributed by atoms with E-state index in [2.05, 4.69) is 13.8 Å². The van der Waals surface area contributed by atoms with Crippen molar-refractivity contribution in [3.63, 3.8) is 0 Å². The summed E-state index contributed by atoms with van der Waals surface area (Å²) in [7, 11) is 0. The third kappa shape index (κ3) is 5.71. The molecule has 0 aliphatic carbocycles. The lowest BCUT2D eigenvalue weighted by molar-refractivity contribution is -0.172. The first-order valence-corrected chi connectivity index (χ1v) is 13.0. The summed E-state index contributed by atoms with van der Waals surface area (Å²) >= 11 is 0. The maximum atomic E-state index is 13.1. The summed E-state index contributed by atoms with van der Waals surface area (Å²) in [5.74, 6) is -1.10. The molecule has 2 aromatic rings. The molecule has 2 heterocycles. The van der Waals surface area contributed by atoms with Crippen molar-refractivity contribution in [1.82, 2.24) is 5.06 Å². The van der Waals surface area contributed by atoms with Crippen molar-refractivity contribution in [2.45, 2.75) is 64.5 Å². The molecule has 1 N–H and O–H groups in total. The van der Waals surface area contributed by atoms with Gasteiger partial charge in [-0.15, -0.1) is 0 Å². The van der Waals surface area contributed by atoms with E-state index in [1.54, 1.807) is 48.5 Å². The van der Waals surface area contributed by atoms with Crippen LogP contribution in [0, 0.1) is 0 Å². The molecule has 2 fully saturated rings. The minimum atomic E-state index is -1.28. The van der Waals surface area contributed by atoms with E-state index in [0.29, 0.717) is 41.2 Å². The fourth-order valence-corrected chi connectivity index (χ4v) is 4.46. The van der Waals surface area contributed by atoms with Crippen LogP contribution in [0.4, 0.5) is 11.4 Å². The number of unbranched alkanes of at least 4 members (excludes halogenated alkanes) is 2. The zero-order valence-corrected chi connectivity index (χ0v) is 21.7. The van der Waals surface area contributed by atoms with Gasteiger partial charge in [-0.1, -0.05) is 26.7 Å². The minimum absolute atomic E-state index is 0.314. The van der Waals surface area contributed by atoms with Crippen LogP contribution in [-0.4, -0.2) is 59.2 Å². The van der Waals surface area contributed by atoms with Crippen LogP contribution in [0.15, 0.2) is 48.5 Å². The topological polar surface area (TPSA) is 117 Å². The van der Waals surface area contributed by atoms with E-state index >= 15 is 0 Å². The molecular formula is C28H33N3O7. The quantitative estimate of drug-likeness (QED) is 0.254. The van der Waals surface area contributed by atoms with Crippen molar-refractivity contribution in [2.75, 3.05) is 23.0 Å². The summed E-state index contributed by atoms with van der Waals surface area (Å²) in [5, 5.41) is 11.4.